The number of ketones is 1. The van der Waals surface area contributed by atoms with Gasteiger partial charge in [0.15, 0.2) is 17.4 Å². The molecule has 10 heteroatoms. The Hall–Kier alpha value is -3.07. The van der Waals surface area contributed by atoms with Crippen molar-refractivity contribution in [3.8, 4) is 0 Å². The van der Waals surface area contributed by atoms with E-state index in [2.05, 4.69) is 10.6 Å². The summed E-state index contributed by atoms with van der Waals surface area (Å²) in [6.45, 7) is 10.2. The van der Waals surface area contributed by atoms with Gasteiger partial charge in [-0.3, -0.25) is 9.59 Å². The third-order valence-electron chi connectivity index (χ3n) is 4.76. The van der Waals surface area contributed by atoms with Gasteiger partial charge in [-0.15, -0.1) is 0 Å². The van der Waals surface area contributed by atoms with Crippen LogP contribution in [0.25, 0.3) is 0 Å². The predicted molar refractivity (Wildman–Crippen MR) is 131 cm³/mol. The fourth-order valence-electron chi connectivity index (χ4n) is 3.28. The van der Waals surface area contributed by atoms with Gasteiger partial charge < -0.3 is 15.4 Å². The zero-order valence-corrected chi connectivity index (χ0v) is 21.8. The molecule has 0 aromatic heterocycles. The fourth-order valence-corrected chi connectivity index (χ4v) is 3.48. The van der Waals surface area contributed by atoms with Gasteiger partial charge in [-0.2, -0.15) is 0 Å². The van der Waals surface area contributed by atoms with Crippen molar-refractivity contribution in [3.63, 3.8) is 0 Å². The lowest BCUT2D eigenvalue weighted by atomic mass is 9.94. The van der Waals surface area contributed by atoms with Crippen LogP contribution in [0.3, 0.4) is 0 Å². The van der Waals surface area contributed by atoms with Crippen LogP contribution in [0.2, 0.25) is 5.02 Å². The number of benzene rings is 2. The molecule has 1 atom stereocenters. The van der Waals surface area contributed by atoms with E-state index < -0.39 is 58.8 Å². The zero-order valence-electron chi connectivity index (χ0n) is 21.0. The molecule has 0 bridgehead atoms. The number of Topliss-reactive ketones (excluding diaryl/α,β-unsaturated/α-hetero) is 1. The number of alkyl carbamates (subject to hydrolysis) is 1. The number of nitrogens with one attached hydrogen (secondary N) is 2. The maximum atomic E-state index is 14.3. The first-order valence-corrected chi connectivity index (χ1v) is 11.6. The standard InChI is InChI=1S/C26H30ClF3N2O4/c1-25(2,3)32-23(34)17-8-7-16(27)9-14(17)12-22(33)21(31-24(35)36-26(4,5)6)11-15-10-19(29)20(30)13-18(15)28/h7-10,13,21H,11-12H2,1-6H3,(H,31,35)(H,32,34)/t21-/m1/s1. The van der Waals surface area contributed by atoms with Gasteiger partial charge in [-0.05, 0) is 76.9 Å². The molecule has 0 aliphatic rings. The van der Waals surface area contributed by atoms with Gasteiger partial charge in [0.25, 0.3) is 5.91 Å². The number of hydrogen-bond acceptors (Lipinski definition) is 4. The number of carbonyl (C=O) groups excluding carboxylic acids is 3. The summed E-state index contributed by atoms with van der Waals surface area (Å²) in [5, 5.41) is 5.45. The van der Waals surface area contributed by atoms with Crippen molar-refractivity contribution < 1.29 is 32.3 Å². The van der Waals surface area contributed by atoms with E-state index >= 15 is 0 Å². The first kappa shape index (κ1) is 29.2. The van der Waals surface area contributed by atoms with E-state index in [4.69, 9.17) is 16.3 Å². The van der Waals surface area contributed by atoms with Crippen molar-refractivity contribution in [1.29, 1.82) is 0 Å². The highest BCUT2D eigenvalue weighted by atomic mass is 35.5. The Balaban J connectivity index is 2.40. The maximum absolute atomic E-state index is 14.3. The SMILES string of the molecule is CC(C)(C)NC(=O)c1ccc(Cl)cc1CC(=O)[C@@H](Cc1cc(F)c(F)cc1F)NC(=O)OC(C)(C)C. The van der Waals surface area contributed by atoms with Gasteiger partial charge in [0.1, 0.15) is 11.4 Å². The van der Waals surface area contributed by atoms with Crippen LogP contribution in [0.5, 0.6) is 0 Å². The highest BCUT2D eigenvalue weighted by molar-refractivity contribution is 6.30. The molecule has 0 saturated carbocycles. The summed E-state index contributed by atoms with van der Waals surface area (Å²) in [6, 6.07) is 4.03. The highest BCUT2D eigenvalue weighted by Gasteiger charge is 2.28. The molecule has 2 amide bonds. The number of hydrogen-bond donors (Lipinski definition) is 2. The molecule has 2 aromatic carbocycles. The average Bonchev–Trinajstić information content (AvgIpc) is 2.68. The third kappa shape index (κ3) is 8.86. The number of halogens is 4. The van der Waals surface area contributed by atoms with Crippen LogP contribution in [-0.2, 0) is 22.4 Å². The van der Waals surface area contributed by atoms with Crippen LogP contribution in [-0.4, -0.2) is 35.0 Å². The summed E-state index contributed by atoms with van der Waals surface area (Å²) in [5.41, 5.74) is -1.30. The summed E-state index contributed by atoms with van der Waals surface area (Å²) in [4.78, 5) is 38.5. The van der Waals surface area contributed by atoms with E-state index in [0.29, 0.717) is 12.1 Å². The predicted octanol–water partition coefficient (Wildman–Crippen LogP) is 5.53. The van der Waals surface area contributed by atoms with Crippen molar-refractivity contribution in [2.45, 2.75) is 71.6 Å². The van der Waals surface area contributed by atoms with E-state index in [-0.39, 0.29) is 28.1 Å². The summed E-state index contributed by atoms with van der Waals surface area (Å²) >= 11 is 6.10. The third-order valence-corrected chi connectivity index (χ3v) is 4.99. The molecule has 2 rings (SSSR count). The fraction of sp³-hybridized carbons (Fsp3) is 0.423. The van der Waals surface area contributed by atoms with E-state index in [1.54, 1.807) is 41.5 Å². The Labute approximate surface area is 213 Å². The van der Waals surface area contributed by atoms with E-state index in [1.807, 2.05) is 0 Å². The second kappa shape index (κ2) is 11.3. The molecule has 2 aromatic rings. The van der Waals surface area contributed by atoms with Crippen molar-refractivity contribution in [2.75, 3.05) is 0 Å². The van der Waals surface area contributed by atoms with Crippen LogP contribution in [0.4, 0.5) is 18.0 Å². The lowest BCUT2D eigenvalue weighted by molar-refractivity contribution is -0.120. The minimum atomic E-state index is -1.38. The zero-order chi connectivity index (χ0) is 27.4. The van der Waals surface area contributed by atoms with Crippen molar-refractivity contribution in [2.24, 2.45) is 0 Å². The molecule has 0 spiro atoms. The Morgan fingerprint density at radius 1 is 0.917 bits per heavy atom. The maximum Gasteiger partial charge on any atom is 0.408 e. The van der Waals surface area contributed by atoms with E-state index in [1.165, 1.54) is 18.2 Å². The number of carbonyl (C=O) groups is 3. The van der Waals surface area contributed by atoms with Crippen LogP contribution in [0, 0.1) is 17.5 Å². The Morgan fingerprint density at radius 3 is 2.11 bits per heavy atom. The Morgan fingerprint density at radius 2 is 1.53 bits per heavy atom. The lowest BCUT2D eigenvalue weighted by Crippen LogP contribution is -2.45. The highest BCUT2D eigenvalue weighted by Crippen LogP contribution is 2.21. The molecule has 0 aliphatic carbocycles. The summed E-state index contributed by atoms with van der Waals surface area (Å²) in [7, 11) is 0. The van der Waals surface area contributed by atoms with Gasteiger partial charge in [-0.25, -0.2) is 18.0 Å². The molecule has 0 unspecified atom stereocenters. The van der Waals surface area contributed by atoms with Gasteiger partial charge in [0.05, 0.1) is 6.04 Å². The molecular formula is C26H30ClF3N2O4. The molecule has 2 N–H and O–H groups in total. The summed E-state index contributed by atoms with van der Waals surface area (Å²) < 4.78 is 46.7. The minimum absolute atomic E-state index is 0.192. The van der Waals surface area contributed by atoms with Gasteiger partial charge in [0.2, 0.25) is 0 Å². The Kier molecular flexibility index (Phi) is 9.18. The van der Waals surface area contributed by atoms with Crippen molar-refractivity contribution in [1.82, 2.24) is 10.6 Å². The molecule has 0 fully saturated rings. The monoisotopic (exact) mass is 526 g/mol. The molecule has 196 valence electrons. The van der Waals surface area contributed by atoms with Gasteiger partial charge in [-0.1, -0.05) is 11.6 Å². The first-order valence-electron chi connectivity index (χ1n) is 11.2. The second-order valence-corrected chi connectivity index (χ2v) is 10.8. The van der Waals surface area contributed by atoms with Crippen LogP contribution in [0.1, 0.15) is 63.0 Å². The normalized spacial score (nSPS) is 12.6. The number of amides is 2. The van der Waals surface area contributed by atoms with Crippen molar-refractivity contribution in [3.05, 3.63) is 69.5 Å². The second-order valence-electron chi connectivity index (χ2n) is 10.4. The first-order chi connectivity index (χ1) is 16.4. The summed E-state index contributed by atoms with van der Waals surface area (Å²) in [5.74, 6) is -4.83. The van der Waals surface area contributed by atoms with E-state index in [9.17, 15) is 27.6 Å². The molecule has 0 radical (unpaired) electrons. The Bertz CT molecular complexity index is 1160. The number of ether oxygens (including phenoxy) is 1. The number of rotatable bonds is 7. The largest absolute Gasteiger partial charge is 0.444 e. The van der Waals surface area contributed by atoms with Gasteiger partial charge in [0, 0.05) is 35.0 Å². The quantitative estimate of drug-likeness (QED) is 0.464. The lowest BCUT2D eigenvalue weighted by Gasteiger charge is -2.24. The molecule has 0 aliphatic heterocycles. The average molecular weight is 527 g/mol. The van der Waals surface area contributed by atoms with E-state index in [0.717, 1.165) is 0 Å². The smallest absolute Gasteiger partial charge is 0.408 e. The molecule has 0 heterocycles. The molecular weight excluding hydrogens is 497 g/mol. The van der Waals surface area contributed by atoms with Gasteiger partial charge >= 0.3 is 6.09 Å². The van der Waals surface area contributed by atoms with Crippen LogP contribution >= 0.6 is 11.6 Å². The topological polar surface area (TPSA) is 84.5 Å². The van der Waals surface area contributed by atoms with Crippen LogP contribution < -0.4 is 10.6 Å². The van der Waals surface area contributed by atoms with Crippen LogP contribution in [0.15, 0.2) is 30.3 Å². The summed E-state index contributed by atoms with van der Waals surface area (Å²) in [6.07, 6.45) is -1.80. The molecule has 6 nitrogen and oxygen atoms in total. The molecule has 0 saturated heterocycles. The minimum Gasteiger partial charge on any atom is -0.444 e. The van der Waals surface area contributed by atoms with Crippen molar-refractivity contribution >= 4 is 29.4 Å². The molecule has 36 heavy (non-hydrogen) atoms.